The van der Waals surface area contributed by atoms with Crippen molar-refractivity contribution >= 4 is 12.0 Å². The second kappa shape index (κ2) is 5.86. The molecule has 0 aliphatic carbocycles. The number of likely N-dealkylation sites (tertiary alicyclic amines) is 1. The third-order valence-electron chi connectivity index (χ3n) is 3.08. The third kappa shape index (κ3) is 3.59. The summed E-state index contributed by atoms with van der Waals surface area (Å²) in [4.78, 5) is 26.1. The number of carboxylic acid groups (broad SMARTS) is 1. The molecule has 1 heterocycles. The number of hydrogen-bond acceptors (Lipinski definition) is 3. The predicted molar refractivity (Wildman–Crippen MR) is 63.7 cm³/mol. The van der Waals surface area contributed by atoms with Gasteiger partial charge >= 0.3 is 12.0 Å². The van der Waals surface area contributed by atoms with Crippen molar-refractivity contribution in [2.75, 3.05) is 19.6 Å². The van der Waals surface area contributed by atoms with Gasteiger partial charge in [0.05, 0.1) is 6.42 Å². The standard InChI is InChI=1S/C11H21N3O3/c1-3-14(8(2)6-10(15)16)11(17)13-5-4-9(12)7-13/h8-9H,3-7,12H2,1-2H3,(H,15,16). The number of nitrogens with zero attached hydrogens (tertiary/aromatic N) is 2. The van der Waals surface area contributed by atoms with Crippen molar-refractivity contribution in [2.45, 2.75) is 38.8 Å². The Hall–Kier alpha value is -1.30. The molecule has 1 aliphatic rings. The Morgan fingerprint density at radius 1 is 1.59 bits per heavy atom. The molecule has 17 heavy (non-hydrogen) atoms. The Morgan fingerprint density at radius 2 is 2.24 bits per heavy atom. The van der Waals surface area contributed by atoms with E-state index in [1.165, 1.54) is 0 Å². The number of hydrogen-bond donors (Lipinski definition) is 2. The molecule has 0 aromatic carbocycles. The van der Waals surface area contributed by atoms with Gasteiger partial charge in [-0.15, -0.1) is 0 Å². The summed E-state index contributed by atoms with van der Waals surface area (Å²) in [6.45, 7) is 5.35. The van der Waals surface area contributed by atoms with Crippen LogP contribution in [-0.2, 0) is 4.79 Å². The van der Waals surface area contributed by atoms with E-state index in [1.807, 2.05) is 6.92 Å². The third-order valence-corrected chi connectivity index (χ3v) is 3.08. The van der Waals surface area contributed by atoms with Gasteiger partial charge in [0, 0.05) is 31.7 Å². The van der Waals surface area contributed by atoms with Gasteiger partial charge in [-0.05, 0) is 20.3 Å². The van der Waals surface area contributed by atoms with Crippen molar-refractivity contribution in [3.05, 3.63) is 0 Å². The number of amides is 2. The molecule has 6 nitrogen and oxygen atoms in total. The summed E-state index contributed by atoms with van der Waals surface area (Å²) in [7, 11) is 0. The normalized spacial score (nSPS) is 21.4. The number of urea groups is 1. The number of carboxylic acids is 1. The van der Waals surface area contributed by atoms with Gasteiger partial charge in [0.15, 0.2) is 0 Å². The predicted octanol–water partition coefficient (Wildman–Crippen LogP) is 0.325. The maximum absolute atomic E-state index is 12.1. The highest BCUT2D eigenvalue weighted by atomic mass is 16.4. The Labute approximate surface area is 101 Å². The first-order valence-electron chi connectivity index (χ1n) is 5.98. The fourth-order valence-corrected chi connectivity index (χ4v) is 2.14. The maximum atomic E-state index is 12.1. The molecule has 0 saturated carbocycles. The van der Waals surface area contributed by atoms with Crippen molar-refractivity contribution < 1.29 is 14.7 Å². The van der Waals surface area contributed by atoms with Gasteiger partial charge in [0.25, 0.3) is 0 Å². The van der Waals surface area contributed by atoms with Gasteiger partial charge in [-0.2, -0.15) is 0 Å². The molecule has 98 valence electrons. The van der Waals surface area contributed by atoms with Crippen LogP contribution in [0.3, 0.4) is 0 Å². The monoisotopic (exact) mass is 243 g/mol. The molecule has 1 fully saturated rings. The lowest BCUT2D eigenvalue weighted by Crippen LogP contribution is -2.47. The molecule has 2 atom stereocenters. The Bertz CT molecular complexity index is 296. The molecule has 1 aliphatic heterocycles. The van der Waals surface area contributed by atoms with Crippen LogP contribution in [0.2, 0.25) is 0 Å². The summed E-state index contributed by atoms with van der Waals surface area (Å²) in [5.74, 6) is -0.887. The molecule has 2 amide bonds. The molecule has 2 unspecified atom stereocenters. The van der Waals surface area contributed by atoms with Crippen LogP contribution in [0.1, 0.15) is 26.7 Å². The summed E-state index contributed by atoms with van der Waals surface area (Å²) in [5, 5.41) is 8.75. The zero-order valence-electron chi connectivity index (χ0n) is 10.4. The molecular weight excluding hydrogens is 222 g/mol. The molecule has 0 radical (unpaired) electrons. The zero-order valence-corrected chi connectivity index (χ0v) is 10.4. The number of carbonyl (C=O) groups excluding carboxylic acids is 1. The first-order valence-corrected chi connectivity index (χ1v) is 5.98. The fourth-order valence-electron chi connectivity index (χ4n) is 2.14. The van der Waals surface area contributed by atoms with Crippen LogP contribution >= 0.6 is 0 Å². The Balaban J connectivity index is 2.60. The molecule has 0 spiro atoms. The summed E-state index contributed by atoms with van der Waals surface area (Å²) < 4.78 is 0. The SMILES string of the molecule is CCN(C(=O)N1CCC(N)C1)C(C)CC(=O)O. The van der Waals surface area contributed by atoms with Crippen LogP contribution in [0.25, 0.3) is 0 Å². The van der Waals surface area contributed by atoms with Crippen LogP contribution in [0, 0.1) is 0 Å². The van der Waals surface area contributed by atoms with Crippen molar-refractivity contribution in [1.82, 2.24) is 9.80 Å². The molecular formula is C11H21N3O3. The van der Waals surface area contributed by atoms with Crippen LogP contribution in [0.5, 0.6) is 0 Å². The van der Waals surface area contributed by atoms with Crippen molar-refractivity contribution in [3.8, 4) is 0 Å². The van der Waals surface area contributed by atoms with Crippen LogP contribution in [0.4, 0.5) is 4.79 Å². The van der Waals surface area contributed by atoms with Crippen LogP contribution < -0.4 is 5.73 Å². The number of carbonyl (C=O) groups is 2. The average Bonchev–Trinajstić information content (AvgIpc) is 2.64. The van der Waals surface area contributed by atoms with E-state index in [1.54, 1.807) is 16.7 Å². The van der Waals surface area contributed by atoms with E-state index in [4.69, 9.17) is 10.8 Å². The van der Waals surface area contributed by atoms with Crippen molar-refractivity contribution in [1.29, 1.82) is 0 Å². The minimum atomic E-state index is -0.887. The minimum absolute atomic E-state index is 0.0283. The smallest absolute Gasteiger partial charge is 0.320 e. The van der Waals surface area contributed by atoms with Crippen molar-refractivity contribution in [2.24, 2.45) is 5.73 Å². The molecule has 0 bridgehead atoms. The van der Waals surface area contributed by atoms with E-state index in [2.05, 4.69) is 0 Å². The summed E-state index contributed by atoms with van der Waals surface area (Å²) >= 11 is 0. The van der Waals surface area contributed by atoms with Gasteiger partial charge < -0.3 is 20.6 Å². The number of nitrogens with two attached hydrogens (primary N) is 1. The van der Waals surface area contributed by atoms with Gasteiger partial charge in [0.1, 0.15) is 0 Å². The fraction of sp³-hybridized carbons (Fsp3) is 0.818. The quantitative estimate of drug-likeness (QED) is 0.744. The lowest BCUT2D eigenvalue weighted by Gasteiger charge is -2.31. The zero-order chi connectivity index (χ0) is 13.0. The summed E-state index contributed by atoms with van der Waals surface area (Å²) in [6.07, 6.45) is 0.788. The highest BCUT2D eigenvalue weighted by Crippen LogP contribution is 2.13. The van der Waals surface area contributed by atoms with Gasteiger partial charge in [-0.3, -0.25) is 4.79 Å². The molecule has 0 aromatic rings. The second-order valence-electron chi connectivity index (χ2n) is 4.51. The molecule has 1 saturated heterocycles. The molecule has 6 heteroatoms. The van der Waals surface area contributed by atoms with E-state index >= 15 is 0 Å². The number of rotatable bonds is 4. The lowest BCUT2D eigenvalue weighted by atomic mass is 10.2. The molecule has 3 N–H and O–H groups in total. The van der Waals surface area contributed by atoms with E-state index in [9.17, 15) is 9.59 Å². The molecule has 1 rings (SSSR count). The van der Waals surface area contributed by atoms with Crippen LogP contribution in [0.15, 0.2) is 0 Å². The lowest BCUT2D eigenvalue weighted by molar-refractivity contribution is -0.138. The van der Waals surface area contributed by atoms with Crippen LogP contribution in [-0.4, -0.2) is 58.6 Å². The van der Waals surface area contributed by atoms with E-state index in [-0.39, 0.29) is 24.5 Å². The first-order chi connectivity index (χ1) is 7.95. The molecule has 0 aromatic heterocycles. The number of aliphatic carboxylic acids is 1. The Kier molecular flexibility index (Phi) is 4.74. The van der Waals surface area contributed by atoms with E-state index in [0.29, 0.717) is 19.6 Å². The van der Waals surface area contributed by atoms with Gasteiger partial charge in [-0.1, -0.05) is 0 Å². The largest absolute Gasteiger partial charge is 0.481 e. The second-order valence-corrected chi connectivity index (χ2v) is 4.51. The maximum Gasteiger partial charge on any atom is 0.320 e. The first kappa shape index (κ1) is 13.8. The van der Waals surface area contributed by atoms with E-state index < -0.39 is 5.97 Å². The highest BCUT2D eigenvalue weighted by molar-refractivity contribution is 5.76. The Morgan fingerprint density at radius 3 is 2.65 bits per heavy atom. The summed E-state index contributed by atoms with van der Waals surface area (Å²) in [6, 6.07) is -0.344. The summed E-state index contributed by atoms with van der Waals surface area (Å²) in [5.41, 5.74) is 5.75. The minimum Gasteiger partial charge on any atom is -0.481 e. The van der Waals surface area contributed by atoms with Gasteiger partial charge in [0.2, 0.25) is 0 Å². The van der Waals surface area contributed by atoms with Crippen molar-refractivity contribution in [3.63, 3.8) is 0 Å². The average molecular weight is 243 g/mol. The van der Waals surface area contributed by atoms with E-state index in [0.717, 1.165) is 6.42 Å². The highest BCUT2D eigenvalue weighted by Gasteiger charge is 2.29. The van der Waals surface area contributed by atoms with Gasteiger partial charge in [-0.25, -0.2) is 4.79 Å². The topological polar surface area (TPSA) is 86.9 Å².